The largest absolute Gasteiger partial charge is 0.323 e. The van der Waals surface area contributed by atoms with Crippen molar-refractivity contribution in [1.82, 2.24) is 9.38 Å². The minimum absolute atomic E-state index is 1.04. The van der Waals surface area contributed by atoms with Gasteiger partial charge in [-0.15, -0.1) is 0 Å². The predicted octanol–water partition coefficient (Wildman–Crippen LogP) is 4.77. The van der Waals surface area contributed by atoms with Crippen molar-refractivity contribution in [3.63, 3.8) is 0 Å². The normalized spacial score (nSPS) is 11.3. The van der Waals surface area contributed by atoms with Gasteiger partial charge in [-0.1, -0.05) is 18.2 Å². The maximum Gasteiger partial charge on any atom is 0.0705 e. The predicted molar refractivity (Wildman–Crippen MR) is 87.6 cm³/mol. The lowest BCUT2D eigenvalue weighted by Crippen LogP contribution is -1.88. The minimum Gasteiger partial charge on any atom is -0.323 e. The highest BCUT2D eigenvalue weighted by atomic mass is 14.8. The summed E-state index contributed by atoms with van der Waals surface area (Å²) in [5.41, 5.74) is 5.96. The third-order valence-electron chi connectivity index (χ3n) is 4.16. The van der Waals surface area contributed by atoms with E-state index in [0.29, 0.717) is 0 Å². The maximum absolute atomic E-state index is 4.56. The average Bonchev–Trinajstić information content (AvgIpc) is 2.87. The van der Waals surface area contributed by atoms with Crippen molar-refractivity contribution in [2.45, 2.75) is 13.8 Å². The van der Waals surface area contributed by atoms with Gasteiger partial charge in [0.05, 0.1) is 11.2 Å². The van der Waals surface area contributed by atoms with E-state index in [2.05, 4.69) is 78.1 Å². The van der Waals surface area contributed by atoms with E-state index < -0.39 is 0 Å². The Morgan fingerprint density at radius 2 is 1.86 bits per heavy atom. The summed E-state index contributed by atoms with van der Waals surface area (Å²) in [7, 11) is 0. The van der Waals surface area contributed by atoms with Crippen LogP contribution in [0, 0.1) is 13.8 Å². The molecule has 0 N–H and O–H groups in total. The lowest BCUT2D eigenvalue weighted by Gasteiger charge is -2.04. The Balaban J connectivity index is 1.94. The molecule has 0 atom stereocenters. The van der Waals surface area contributed by atoms with Crippen LogP contribution in [-0.2, 0) is 0 Å². The summed E-state index contributed by atoms with van der Waals surface area (Å²) < 4.78 is 2.17. The fourth-order valence-electron chi connectivity index (χ4n) is 2.79. The van der Waals surface area contributed by atoms with Crippen LogP contribution in [0.2, 0.25) is 0 Å². The second-order valence-corrected chi connectivity index (χ2v) is 5.58. The molecule has 0 bridgehead atoms. The van der Waals surface area contributed by atoms with Crippen LogP contribution in [0.4, 0.5) is 0 Å². The number of hydrogen-bond donors (Lipinski definition) is 0. The van der Waals surface area contributed by atoms with Gasteiger partial charge in [-0.3, -0.25) is 4.98 Å². The highest BCUT2D eigenvalue weighted by Crippen LogP contribution is 2.27. The zero-order chi connectivity index (χ0) is 14.4. The molecule has 0 saturated heterocycles. The summed E-state index contributed by atoms with van der Waals surface area (Å²) in [5, 5.41) is 2.53. The fraction of sp³-hybridized carbons (Fsp3) is 0.105. The van der Waals surface area contributed by atoms with Gasteiger partial charge < -0.3 is 4.40 Å². The summed E-state index contributed by atoms with van der Waals surface area (Å²) in [6.45, 7) is 4.22. The zero-order valence-electron chi connectivity index (χ0n) is 12.2. The Morgan fingerprint density at radius 1 is 0.952 bits per heavy atom. The van der Waals surface area contributed by atoms with Crippen LogP contribution >= 0.6 is 0 Å². The molecule has 0 aliphatic rings. The van der Waals surface area contributed by atoms with Gasteiger partial charge in [0.2, 0.25) is 0 Å². The van der Waals surface area contributed by atoms with E-state index in [9.17, 15) is 0 Å². The van der Waals surface area contributed by atoms with Crippen molar-refractivity contribution in [3.05, 3.63) is 72.2 Å². The highest BCUT2D eigenvalue weighted by Gasteiger charge is 2.06. The molecule has 0 fully saturated rings. The Morgan fingerprint density at radius 3 is 2.71 bits per heavy atom. The Bertz CT molecular complexity index is 964. The van der Waals surface area contributed by atoms with E-state index in [1.165, 1.54) is 33.0 Å². The number of hydrogen-bond acceptors (Lipinski definition) is 1. The molecular formula is C19H16N2. The number of rotatable bonds is 1. The van der Waals surface area contributed by atoms with Crippen molar-refractivity contribution >= 4 is 16.3 Å². The van der Waals surface area contributed by atoms with E-state index in [4.69, 9.17) is 0 Å². The smallest absolute Gasteiger partial charge is 0.0705 e. The molecule has 4 aromatic rings. The molecule has 2 nitrogen and oxygen atoms in total. The van der Waals surface area contributed by atoms with Crippen LogP contribution < -0.4 is 0 Å². The molecule has 4 rings (SSSR count). The summed E-state index contributed by atoms with van der Waals surface area (Å²) in [6.07, 6.45) is 6.21. The number of fused-ring (bicyclic) bond motifs is 3. The molecule has 1 aromatic carbocycles. The molecule has 3 heterocycles. The number of benzene rings is 1. The molecule has 3 aromatic heterocycles. The van der Waals surface area contributed by atoms with Crippen molar-refractivity contribution in [3.8, 4) is 11.3 Å². The number of nitrogens with zero attached hydrogens (tertiary/aromatic N) is 2. The van der Waals surface area contributed by atoms with Gasteiger partial charge in [0, 0.05) is 34.9 Å². The van der Waals surface area contributed by atoms with Gasteiger partial charge in [-0.2, -0.15) is 0 Å². The lowest BCUT2D eigenvalue weighted by molar-refractivity contribution is 1.21. The highest BCUT2D eigenvalue weighted by molar-refractivity contribution is 5.99. The van der Waals surface area contributed by atoms with E-state index in [1.807, 2.05) is 6.20 Å². The molecular weight excluding hydrogens is 256 g/mol. The number of aromatic nitrogens is 2. The topological polar surface area (TPSA) is 17.3 Å². The van der Waals surface area contributed by atoms with Crippen LogP contribution in [0.25, 0.3) is 27.5 Å². The van der Waals surface area contributed by atoms with Crippen molar-refractivity contribution in [2.24, 2.45) is 0 Å². The van der Waals surface area contributed by atoms with Gasteiger partial charge in [0.25, 0.3) is 0 Å². The van der Waals surface area contributed by atoms with Gasteiger partial charge in [0.1, 0.15) is 0 Å². The van der Waals surface area contributed by atoms with Crippen LogP contribution in [-0.4, -0.2) is 9.38 Å². The third-order valence-corrected chi connectivity index (χ3v) is 4.16. The molecule has 0 radical (unpaired) electrons. The fourth-order valence-corrected chi connectivity index (χ4v) is 2.79. The second kappa shape index (κ2) is 4.45. The van der Waals surface area contributed by atoms with E-state index in [1.54, 1.807) is 0 Å². The van der Waals surface area contributed by atoms with E-state index in [0.717, 1.165) is 5.69 Å². The molecule has 102 valence electrons. The van der Waals surface area contributed by atoms with Gasteiger partial charge in [-0.25, -0.2) is 0 Å². The van der Waals surface area contributed by atoms with Crippen molar-refractivity contribution in [2.75, 3.05) is 0 Å². The first kappa shape index (κ1) is 12.2. The maximum atomic E-state index is 4.56. The minimum atomic E-state index is 1.04. The first-order chi connectivity index (χ1) is 10.2. The quantitative estimate of drug-likeness (QED) is 0.488. The van der Waals surface area contributed by atoms with Gasteiger partial charge in [-0.05, 0) is 49.2 Å². The van der Waals surface area contributed by atoms with Gasteiger partial charge in [0.15, 0.2) is 0 Å². The summed E-state index contributed by atoms with van der Waals surface area (Å²) >= 11 is 0. The van der Waals surface area contributed by atoms with Crippen LogP contribution in [0.5, 0.6) is 0 Å². The average molecular weight is 272 g/mol. The third kappa shape index (κ3) is 1.91. The van der Waals surface area contributed by atoms with Crippen molar-refractivity contribution < 1.29 is 0 Å². The van der Waals surface area contributed by atoms with Crippen LogP contribution in [0.3, 0.4) is 0 Å². The molecule has 0 unspecified atom stereocenters. The molecule has 21 heavy (non-hydrogen) atoms. The molecule has 0 saturated carbocycles. The molecule has 0 aliphatic carbocycles. The number of pyridine rings is 2. The van der Waals surface area contributed by atoms with Gasteiger partial charge >= 0.3 is 0 Å². The first-order valence-corrected chi connectivity index (χ1v) is 7.15. The van der Waals surface area contributed by atoms with Crippen LogP contribution in [0.15, 0.2) is 61.1 Å². The summed E-state index contributed by atoms with van der Waals surface area (Å²) in [5.74, 6) is 0. The zero-order valence-corrected chi connectivity index (χ0v) is 12.2. The summed E-state index contributed by atoms with van der Waals surface area (Å²) in [6, 6.07) is 15.0. The molecule has 0 amide bonds. The number of aryl methyl sites for hydroxylation is 2. The second-order valence-electron chi connectivity index (χ2n) is 5.58. The molecule has 0 aliphatic heterocycles. The Hall–Kier alpha value is -2.61. The monoisotopic (exact) mass is 272 g/mol. The first-order valence-electron chi connectivity index (χ1n) is 7.15. The van der Waals surface area contributed by atoms with Crippen LogP contribution in [0.1, 0.15) is 11.1 Å². The molecule has 2 heteroatoms. The standard InChI is InChI=1S/C19H16N2/c1-13-9-18(20-11-14(13)2)15-6-7-17-16(10-15)12-21-8-4-3-5-19(17)21/h3-12H,1-2H3. The SMILES string of the molecule is Cc1cnc(-c2ccc3c(c2)cn2ccccc32)cc1C. The molecule has 0 spiro atoms. The Labute approximate surface area is 123 Å². The summed E-state index contributed by atoms with van der Waals surface area (Å²) in [4.78, 5) is 4.56. The Kier molecular flexibility index (Phi) is 2.58. The van der Waals surface area contributed by atoms with E-state index in [-0.39, 0.29) is 0 Å². The van der Waals surface area contributed by atoms with E-state index >= 15 is 0 Å². The van der Waals surface area contributed by atoms with Crippen molar-refractivity contribution in [1.29, 1.82) is 0 Å². The lowest BCUT2D eigenvalue weighted by atomic mass is 10.0.